The molecule has 2 amide bonds. The Bertz CT molecular complexity index is 701. The number of piperidine rings is 1. The minimum atomic E-state index is -0.403. The normalized spacial score (nSPS) is 17.9. The molecular weight excluding hydrogens is 364 g/mol. The van der Waals surface area contributed by atoms with E-state index in [-0.39, 0.29) is 12.0 Å². The number of hydrogen-bond acceptors (Lipinski definition) is 3. The molecule has 0 atom stereocenters. The van der Waals surface area contributed by atoms with Crippen LogP contribution in [0.4, 0.5) is 4.79 Å². The van der Waals surface area contributed by atoms with Crippen molar-refractivity contribution in [2.45, 2.75) is 83.3 Å². The van der Waals surface area contributed by atoms with Crippen LogP contribution >= 0.6 is 0 Å². The van der Waals surface area contributed by atoms with Gasteiger partial charge in [0.05, 0.1) is 0 Å². The molecule has 0 bridgehead atoms. The number of nitrogens with zero attached hydrogens (tertiary/aromatic N) is 2. The topological polar surface area (TPSA) is 49.9 Å². The third-order valence-electron chi connectivity index (χ3n) is 6.29. The molecule has 1 saturated carbocycles. The number of rotatable bonds is 7. The highest BCUT2D eigenvalue weighted by molar-refractivity contribution is 5.94. The number of benzene rings is 1. The van der Waals surface area contributed by atoms with Crippen LogP contribution in [0.3, 0.4) is 0 Å². The Hall–Kier alpha value is -2.04. The van der Waals surface area contributed by atoms with E-state index in [4.69, 9.17) is 4.74 Å². The van der Waals surface area contributed by atoms with Gasteiger partial charge in [0.1, 0.15) is 5.60 Å². The van der Waals surface area contributed by atoms with Gasteiger partial charge in [0, 0.05) is 31.7 Å². The summed E-state index contributed by atoms with van der Waals surface area (Å²) in [6.07, 6.45) is 6.99. The first kappa shape index (κ1) is 21.7. The molecule has 5 nitrogen and oxygen atoms in total. The molecule has 5 heteroatoms. The number of amides is 2. The van der Waals surface area contributed by atoms with Crippen molar-refractivity contribution in [2.75, 3.05) is 20.1 Å². The lowest BCUT2D eigenvalue weighted by Gasteiger charge is -2.34. The van der Waals surface area contributed by atoms with Crippen molar-refractivity contribution in [3.8, 4) is 0 Å². The second kappa shape index (κ2) is 9.19. The van der Waals surface area contributed by atoms with Gasteiger partial charge in [-0.3, -0.25) is 4.79 Å². The van der Waals surface area contributed by atoms with Gasteiger partial charge in [0.15, 0.2) is 0 Å². The lowest BCUT2D eigenvalue weighted by molar-refractivity contribution is 0.00358. The molecule has 160 valence electrons. The first-order valence-corrected chi connectivity index (χ1v) is 11.2. The Balaban J connectivity index is 1.50. The summed E-state index contributed by atoms with van der Waals surface area (Å²) in [6.45, 7) is 7.58. The lowest BCUT2D eigenvalue weighted by Crippen LogP contribution is -2.42. The maximum Gasteiger partial charge on any atom is 0.410 e. The molecule has 1 heterocycles. The highest BCUT2D eigenvalue weighted by Gasteiger charge is 2.31. The Morgan fingerprint density at radius 2 is 1.72 bits per heavy atom. The minimum absolute atomic E-state index is 0.113. The van der Waals surface area contributed by atoms with Crippen LogP contribution < -0.4 is 0 Å². The predicted octanol–water partition coefficient (Wildman–Crippen LogP) is 5.21. The Labute approximate surface area is 175 Å². The van der Waals surface area contributed by atoms with Crippen LogP contribution in [0.5, 0.6) is 0 Å². The van der Waals surface area contributed by atoms with Gasteiger partial charge in [0.2, 0.25) is 0 Å². The highest BCUT2D eigenvalue weighted by Crippen LogP contribution is 2.30. The van der Waals surface area contributed by atoms with Crippen LogP contribution in [0.15, 0.2) is 24.3 Å². The summed E-state index contributed by atoms with van der Waals surface area (Å²) in [5, 5.41) is 0. The summed E-state index contributed by atoms with van der Waals surface area (Å²) < 4.78 is 5.75. The Kier molecular flexibility index (Phi) is 6.86. The molecule has 0 radical (unpaired) electrons. The van der Waals surface area contributed by atoms with E-state index in [9.17, 15) is 9.59 Å². The third kappa shape index (κ3) is 5.74. The molecule has 2 aliphatic rings. The number of unbranched alkanes of at least 4 members (excludes halogenated alkanes) is 1. The number of likely N-dealkylation sites (tertiary alicyclic amines) is 1. The average Bonchev–Trinajstić information content (AvgIpc) is 3.56. The summed E-state index contributed by atoms with van der Waals surface area (Å²) in [4.78, 5) is 28.7. The van der Waals surface area contributed by atoms with E-state index < -0.39 is 5.60 Å². The van der Waals surface area contributed by atoms with Crippen molar-refractivity contribution in [3.05, 3.63) is 35.4 Å². The van der Waals surface area contributed by atoms with E-state index in [2.05, 4.69) is 19.1 Å². The maximum atomic E-state index is 12.5. The minimum Gasteiger partial charge on any atom is -0.443 e. The molecule has 3 rings (SSSR count). The van der Waals surface area contributed by atoms with Crippen LogP contribution in [0.1, 0.15) is 87.6 Å². The van der Waals surface area contributed by atoms with Crippen LogP contribution in [0.2, 0.25) is 0 Å². The first-order chi connectivity index (χ1) is 13.8. The average molecular weight is 401 g/mol. The SMILES string of the molecule is CCCCC(C)(C)OC(=O)N1CCC(c2ccc(C(=O)N(C)C3CC3)cc2)CC1. The van der Waals surface area contributed by atoms with Crippen molar-refractivity contribution in [1.82, 2.24) is 9.80 Å². The van der Waals surface area contributed by atoms with Crippen molar-refractivity contribution in [1.29, 1.82) is 0 Å². The van der Waals surface area contributed by atoms with Crippen molar-refractivity contribution < 1.29 is 14.3 Å². The van der Waals surface area contributed by atoms with Crippen molar-refractivity contribution in [2.24, 2.45) is 0 Å². The van der Waals surface area contributed by atoms with Crippen molar-refractivity contribution >= 4 is 12.0 Å². The summed E-state index contributed by atoms with van der Waals surface area (Å²) in [5.74, 6) is 0.541. The summed E-state index contributed by atoms with van der Waals surface area (Å²) in [5.41, 5.74) is 1.62. The zero-order valence-corrected chi connectivity index (χ0v) is 18.4. The molecule has 2 fully saturated rings. The molecule has 1 saturated heterocycles. The van der Waals surface area contributed by atoms with E-state index in [1.807, 2.05) is 42.8 Å². The van der Waals surface area contributed by atoms with Gasteiger partial charge < -0.3 is 14.5 Å². The zero-order valence-electron chi connectivity index (χ0n) is 18.4. The van der Waals surface area contributed by atoms with Crippen molar-refractivity contribution in [3.63, 3.8) is 0 Å². The molecule has 0 spiro atoms. The summed E-state index contributed by atoms with van der Waals surface area (Å²) in [6, 6.07) is 8.50. The molecule has 0 unspecified atom stereocenters. The van der Waals surface area contributed by atoms with Gasteiger partial charge in [-0.1, -0.05) is 25.5 Å². The third-order valence-corrected chi connectivity index (χ3v) is 6.29. The van der Waals surface area contributed by atoms with Gasteiger partial charge in [-0.05, 0) is 76.0 Å². The van der Waals surface area contributed by atoms with Gasteiger partial charge in [0.25, 0.3) is 5.91 Å². The molecule has 0 N–H and O–H groups in total. The van der Waals surface area contributed by atoms with Crippen LogP contribution in [-0.2, 0) is 4.74 Å². The summed E-state index contributed by atoms with van der Waals surface area (Å²) in [7, 11) is 1.90. The van der Waals surface area contributed by atoms with Crippen LogP contribution in [0.25, 0.3) is 0 Å². The maximum absolute atomic E-state index is 12.5. The highest BCUT2D eigenvalue weighted by atomic mass is 16.6. The molecular formula is C24H36N2O3. The van der Waals surface area contributed by atoms with Gasteiger partial charge >= 0.3 is 6.09 Å². The number of ether oxygens (including phenoxy) is 1. The van der Waals surface area contributed by atoms with Gasteiger partial charge in [-0.15, -0.1) is 0 Å². The molecule has 1 aromatic carbocycles. The number of carbonyl (C=O) groups excluding carboxylic acids is 2. The number of hydrogen-bond donors (Lipinski definition) is 0. The van der Waals surface area contributed by atoms with E-state index >= 15 is 0 Å². The fraction of sp³-hybridized carbons (Fsp3) is 0.667. The van der Waals surface area contributed by atoms with E-state index in [0.717, 1.165) is 63.6 Å². The van der Waals surface area contributed by atoms with E-state index in [0.29, 0.717) is 12.0 Å². The summed E-state index contributed by atoms with van der Waals surface area (Å²) >= 11 is 0. The molecule has 1 aromatic rings. The molecule has 0 aromatic heterocycles. The van der Waals surface area contributed by atoms with E-state index in [1.54, 1.807) is 0 Å². The van der Waals surface area contributed by atoms with E-state index in [1.165, 1.54) is 5.56 Å². The zero-order chi connectivity index (χ0) is 21.0. The standard InChI is InChI=1S/C24H36N2O3/c1-5-6-15-24(2,3)29-23(28)26-16-13-19(14-17-26)18-7-9-20(10-8-18)22(27)25(4)21-11-12-21/h7-10,19,21H,5-6,11-17H2,1-4H3. The fourth-order valence-corrected chi connectivity index (χ4v) is 4.08. The Morgan fingerprint density at radius 1 is 1.10 bits per heavy atom. The monoisotopic (exact) mass is 400 g/mol. The second-order valence-electron chi connectivity index (χ2n) is 9.26. The predicted molar refractivity (Wildman–Crippen MR) is 115 cm³/mol. The quantitative estimate of drug-likeness (QED) is 0.632. The first-order valence-electron chi connectivity index (χ1n) is 11.2. The van der Waals surface area contributed by atoms with Gasteiger partial charge in [-0.2, -0.15) is 0 Å². The largest absolute Gasteiger partial charge is 0.443 e. The van der Waals surface area contributed by atoms with Gasteiger partial charge in [-0.25, -0.2) is 4.79 Å². The van der Waals surface area contributed by atoms with Crippen LogP contribution in [0, 0.1) is 0 Å². The second-order valence-corrected chi connectivity index (χ2v) is 9.26. The smallest absolute Gasteiger partial charge is 0.410 e. The molecule has 1 aliphatic carbocycles. The Morgan fingerprint density at radius 3 is 2.28 bits per heavy atom. The lowest BCUT2D eigenvalue weighted by atomic mass is 9.89. The molecule has 1 aliphatic heterocycles. The fourth-order valence-electron chi connectivity index (χ4n) is 4.08. The van der Waals surface area contributed by atoms with Crippen LogP contribution in [-0.4, -0.2) is 53.6 Å². The number of carbonyl (C=O) groups is 2. The molecule has 29 heavy (non-hydrogen) atoms.